The highest BCUT2D eigenvalue weighted by atomic mass is 15.1. The van der Waals surface area contributed by atoms with E-state index in [1.165, 1.54) is 51.6 Å². The number of hydrogen-bond donors (Lipinski definition) is 1. The molecule has 1 aliphatic rings. The Labute approximate surface area is 127 Å². The van der Waals surface area contributed by atoms with Crippen molar-refractivity contribution in [2.24, 2.45) is 11.3 Å². The van der Waals surface area contributed by atoms with Gasteiger partial charge in [-0.25, -0.2) is 0 Å². The molecule has 20 heavy (non-hydrogen) atoms. The third-order valence-electron chi connectivity index (χ3n) is 5.10. The lowest BCUT2D eigenvalue weighted by Gasteiger charge is -2.41. The van der Waals surface area contributed by atoms with Crippen LogP contribution < -0.4 is 5.32 Å². The van der Waals surface area contributed by atoms with Gasteiger partial charge in [0.25, 0.3) is 0 Å². The number of rotatable bonds is 7. The summed E-state index contributed by atoms with van der Waals surface area (Å²) in [5.41, 5.74) is 0.454. The highest BCUT2D eigenvalue weighted by Gasteiger charge is 2.33. The average Bonchev–Trinajstić information content (AvgIpc) is 2.37. The summed E-state index contributed by atoms with van der Waals surface area (Å²) in [7, 11) is 2.23. The van der Waals surface area contributed by atoms with Crippen LogP contribution in [0.15, 0.2) is 0 Å². The number of nitrogens with one attached hydrogen (secondary N) is 1. The highest BCUT2D eigenvalue weighted by Crippen LogP contribution is 2.37. The SMILES string of the molecule is CC(C)N(C)CCCCNC1CCCCC1C(C)(C)C. The summed E-state index contributed by atoms with van der Waals surface area (Å²) in [6.45, 7) is 14.2. The largest absolute Gasteiger partial charge is 0.314 e. The summed E-state index contributed by atoms with van der Waals surface area (Å²) in [6, 6.07) is 1.43. The first-order valence-corrected chi connectivity index (χ1v) is 8.76. The summed E-state index contributed by atoms with van der Waals surface area (Å²) >= 11 is 0. The molecule has 2 nitrogen and oxygen atoms in total. The van der Waals surface area contributed by atoms with Crippen molar-refractivity contribution in [1.82, 2.24) is 10.2 Å². The molecule has 1 fully saturated rings. The van der Waals surface area contributed by atoms with E-state index in [2.05, 4.69) is 51.9 Å². The van der Waals surface area contributed by atoms with E-state index in [-0.39, 0.29) is 0 Å². The third kappa shape index (κ3) is 6.13. The molecule has 0 radical (unpaired) electrons. The van der Waals surface area contributed by atoms with Crippen molar-refractivity contribution in [3.8, 4) is 0 Å². The van der Waals surface area contributed by atoms with Crippen LogP contribution in [0.3, 0.4) is 0 Å². The first kappa shape index (κ1) is 18.0. The summed E-state index contributed by atoms with van der Waals surface area (Å²) in [5.74, 6) is 0.856. The minimum atomic E-state index is 0.454. The molecule has 0 amide bonds. The third-order valence-corrected chi connectivity index (χ3v) is 5.10. The number of nitrogens with zero attached hydrogens (tertiary/aromatic N) is 1. The van der Waals surface area contributed by atoms with Gasteiger partial charge in [0.15, 0.2) is 0 Å². The molecule has 1 saturated carbocycles. The molecule has 0 heterocycles. The molecule has 0 aromatic heterocycles. The molecule has 1 rings (SSSR count). The van der Waals surface area contributed by atoms with Crippen LogP contribution in [0.5, 0.6) is 0 Å². The van der Waals surface area contributed by atoms with Crippen molar-refractivity contribution in [2.75, 3.05) is 20.1 Å². The molecule has 1 aliphatic carbocycles. The molecule has 2 heteroatoms. The average molecular weight is 283 g/mol. The van der Waals surface area contributed by atoms with E-state index in [0.29, 0.717) is 11.5 Å². The van der Waals surface area contributed by atoms with E-state index < -0.39 is 0 Å². The van der Waals surface area contributed by atoms with Crippen molar-refractivity contribution in [3.63, 3.8) is 0 Å². The van der Waals surface area contributed by atoms with E-state index in [1.54, 1.807) is 0 Å². The molecule has 2 atom stereocenters. The molecule has 0 spiro atoms. The minimum Gasteiger partial charge on any atom is -0.314 e. The first-order valence-electron chi connectivity index (χ1n) is 8.76. The Kier molecular flexibility index (Phi) is 7.53. The lowest BCUT2D eigenvalue weighted by atomic mass is 9.69. The van der Waals surface area contributed by atoms with E-state index in [9.17, 15) is 0 Å². The Morgan fingerprint density at radius 3 is 2.35 bits per heavy atom. The summed E-state index contributed by atoms with van der Waals surface area (Å²) < 4.78 is 0. The maximum Gasteiger partial charge on any atom is 0.0100 e. The predicted molar refractivity (Wildman–Crippen MR) is 90.2 cm³/mol. The molecular formula is C18H38N2. The Morgan fingerprint density at radius 2 is 1.75 bits per heavy atom. The predicted octanol–water partition coefficient (Wildman–Crippen LogP) is 4.30. The van der Waals surface area contributed by atoms with Crippen molar-refractivity contribution in [3.05, 3.63) is 0 Å². The zero-order chi connectivity index (χ0) is 15.2. The minimum absolute atomic E-state index is 0.454. The van der Waals surface area contributed by atoms with Crippen LogP contribution in [0, 0.1) is 11.3 Å². The Balaban J connectivity index is 2.22. The van der Waals surface area contributed by atoms with Crippen LogP contribution in [0.1, 0.15) is 73.1 Å². The standard InChI is InChI=1S/C18H38N2/c1-15(2)20(6)14-10-9-13-19-17-12-8-7-11-16(17)18(3,4)5/h15-17,19H,7-14H2,1-6H3. The first-order chi connectivity index (χ1) is 9.32. The monoisotopic (exact) mass is 282 g/mol. The fraction of sp³-hybridized carbons (Fsp3) is 1.00. The van der Waals surface area contributed by atoms with Crippen LogP contribution in [-0.4, -0.2) is 37.1 Å². The fourth-order valence-corrected chi connectivity index (χ4v) is 3.44. The summed E-state index contributed by atoms with van der Waals surface area (Å²) in [5, 5.41) is 3.86. The zero-order valence-corrected chi connectivity index (χ0v) is 14.8. The molecule has 0 bridgehead atoms. The van der Waals surface area contributed by atoms with Crippen LogP contribution in [-0.2, 0) is 0 Å². The molecule has 0 saturated heterocycles. The highest BCUT2D eigenvalue weighted by molar-refractivity contribution is 4.88. The van der Waals surface area contributed by atoms with Gasteiger partial charge in [0.05, 0.1) is 0 Å². The van der Waals surface area contributed by atoms with Crippen molar-refractivity contribution >= 4 is 0 Å². The van der Waals surface area contributed by atoms with Crippen LogP contribution in [0.4, 0.5) is 0 Å². The molecule has 1 N–H and O–H groups in total. The van der Waals surface area contributed by atoms with E-state index >= 15 is 0 Å². The van der Waals surface area contributed by atoms with Gasteiger partial charge in [-0.05, 0) is 71.0 Å². The van der Waals surface area contributed by atoms with Crippen LogP contribution in [0.2, 0.25) is 0 Å². The maximum absolute atomic E-state index is 3.86. The topological polar surface area (TPSA) is 15.3 Å². The van der Waals surface area contributed by atoms with Gasteiger partial charge in [0.1, 0.15) is 0 Å². The van der Waals surface area contributed by atoms with Gasteiger partial charge >= 0.3 is 0 Å². The van der Waals surface area contributed by atoms with Gasteiger partial charge in [-0.2, -0.15) is 0 Å². The number of hydrogen-bond acceptors (Lipinski definition) is 2. The van der Waals surface area contributed by atoms with Crippen LogP contribution >= 0.6 is 0 Å². The van der Waals surface area contributed by atoms with Crippen molar-refractivity contribution in [2.45, 2.75) is 85.2 Å². The molecule has 2 unspecified atom stereocenters. The van der Waals surface area contributed by atoms with Gasteiger partial charge < -0.3 is 10.2 Å². The summed E-state index contributed by atoms with van der Waals surface area (Å²) in [4.78, 5) is 2.44. The van der Waals surface area contributed by atoms with Gasteiger partial charge in [-0.3, -0.25) is 0 Å². The maximum atomic E-state index is 3.86. The number of unbranched alkanes of at least 4 members (excludes halogenated alkanes) is 1. The van der Waals surface area contributed by atoms with Gasteiger partial charge in [-0.1, -0.05) is 33.6 Å². The molecule has 0 aliphatic heterocycles. The Hall–Kier alpha value is -0.0800. The smallest absolute Gasteiger partial charge is 0.0100 e. The normalized spacial score (nSPS) is 24.6. The molecule has 120 valence electrons. The van der Waals surface area contributed by atoms with Gasteiger partial charge in [0.2, 0.25) is 0 Å². The molecule has 0 aromatic rings. The van der Waals surface area contributed by atoms with Gasteiger partial charge in [-0.15, -0.1) is 0 Å². The lowest BCUT2D eigenvalue weighted by Crippen LogP contribution is -2.44. The van der Waals surface area contributed by atoms with Crippen LogP contribution in [0.25, 0.3) is 0 Å². The van der Waals surface area contributed by atoms with Crippen molar-refractivity contribution < 1.29 is 0 Å². The Bertz CT molecular complexity index is 255. The van der Waals surface area contributed by atoms with E-state index in [4.69, 9.17) is 0 Å². The zero-order valence-electron chi connectivity index (χ0n) is 14.8. The Morgan fingerprint density at radius 1 is 1.10 bits per heavy atom. The second-order valence-electron chi connectivity index (χ2n) is 8.10. The quantitative estimate of drug-likeness (QED) is 0.700. The molecule has 0 aromatic carbocycles. The molecular weight excluding hydrogens is 244 g/mol. The van der Waals surface area contributed by atoms with Crippen molar-refractivity contribution in [1.29, 1.82) is 0 Å². The van der Waals surface area contributed by atoms with E-state index in [0.717, 1.165) is 12.0 Å². The second kappa shape index (κ2) is 8.38. The van der Waals surface area contributed by atoms with E-state index in [1.807, 2.05) is 0 Å². The second-order valence-corrected chi connectivity index (χ2v) is 8.10. The van der Waals surface area contributed by atoms with Gasteiger partial charge in [0, 0.05) is 12.1 Å². The fourth-order valence-electron chi connectivity index (χ4n) is 3.44. The summed E-state index contributed by atoms with van der Waals surface area (Å²) in [6.07, 6.45) is 8.27. The lowest BCUT2D eigenvalue weighted by molar-refractivity contribution is 0.130.